The Hall–Kier alpha value is 0.0700. The van der Waals surface area contributed by atoms with Gasteiger partial charge in [-0.15, -0.1) is 11.3 Å². The Morgan fingerprint density at radius 2 is 1.71 bits per heavy atom. The van der Waals surface area contributed by atoms with E-state index in [0.29, 0.717) is 5.78 Å². The maximum atomic E-state index is 12.9. The number of thiophene rings is 1. The van der Waals surface area contributed by atoms with Crippen molar-refractivity contribution in [2.75, 3.05) is 0 Å². The first-order chi connectivity index (χ1) is 10.0. The van der Waals surface area contributed by atoms with Crippen LogP contribution in [0.5, 0.6) is 0 Å². The van der Waals surface area contributed by atoms with Crippen LogP contribution in [0.2, 0.25) is 0 Å². The molecular weight excluding hydrogens is 412 g/mol. The maximum absolute atomic E-state index is 12.9. The molecule has 4 bridgehead atoms. The molecule has 0 amide bonds. The Balaban J connectivity index is 1.54. The molecule has 1 heterocycles. The number of hydrogen-bond donors (Lipinski definition) is 0. The van der Waals surface area contributed by atoms with Crippen LogP contribution in [-0.4, -0.2) is 5.78 Å². The summed E-state index contributed by atoms with van der Waals surface area (Å²) >= 11 is 8.67. The summed E-state index contributed by atoms with van der Waals surface area (Å²) in [6, 6.07) is 2.07. The second kappa shape index (κ2) is 5.31. The highest BCUT2D eigenvalue weighted by Crippen LogP contribution is 2.60. The van der Waals surface area contributed by atoms with Gasteiger partial charge in [0.25, 0.3) is 0 Å². The fourth-order valence-electron chi connectivity index (χ4n) is 5.19. The van der Waals surface area contributed by atoms with Crippen molar-refractivity contribution in [2.45, 2.75) is 38.5 Å². The lowest BCUT2D eigenvalue weighted by Gasteiger charge is -2.55. The van der Waals surface area contributed by atoms with Gasteiger partial charge in [-0.1, -0.05) is 0 Å². The number of carbonyl (C=O) groups is 1. The summed E-state index contributed by atoms with van der Waals surface area (Å²) in [7, 11) is 0. The number of allylic oxidation sites excluding steroid dienone is 1. The normalized spacial score (nSPS) is 37.5. The highest BCUT2D eigenvalue weighted by molar-refractivity contribution is 9.13. The maximum Gasteiger partial charge on any atom is 0.161 e. The zero-order valence-electron chi connectivity index (χ0n) is 11.8. The molecule has 4 heteroatoms. The molecule has 112 valence electrons. The van der Waals surface area contributed by atoms with Crippen molar-refractivity contribution in [2.24, 2.45) is 23.2 Å². The summed E-state index contributed by atoms with van der Waals surface area (Å²) in [5.74, 6) is 2.89. The van der Waals surface area contributed by atoms with E-state index in [1.807, 2.05) is 12.2 Å². The molecule has 0 atom stereocenters. The molecule has 4 aliphatic carbocycles. The third-order valence-electron chi connectivity index (χ3n) is 5.62. The van der Waals surface area contributed by atoms with Gasteiger partial charge >= 0.3 is 0 Å². The zero-order valence-corrected chi connectivity index (χ0v) is 15.8. The van der Waals surface area contributed by atoms with Crippen LogP contribution in [0.3, 0.4) is 0 Å². The van der Waals surface area contributed by atoms with Crippen molar-refractivity contribution in [1.29, 1.82) is 0 Å². The van der Waals surface area contributed by atoms with Crippen molar-refractivity contribution in [3.05, 3.63) is 25.3 Å². The molecular formula is C17H18Br2OS. The van der Waals surface area contributed by atoms with E-state index in [1.54, 1.807) is 11.3 Å². The number of halogens is 2. The molecule has 0 aromatic carbocycles. The number of carbonyl (C=O) groups excluding carboxylic acids is 1. The molecule has 4 aliphatic rings. The van der Waals surface area contributed by atoms with Crippen molar-refractivity contribution < 1.29 is 4.79 Å². The Labute approximate surface area is 146 Å². The average molecular weight is 430 g/mol. The van der Waals surface area contributed by atoms with Gasteiger partial charge in [0.05, 0.1) is 3.79 Å². The SMILES string of the molecule is O=C(/C=C/c1cc(Br)c(Br)s1)C12CC3CC(CC(C3)C1)C2. The first-order valence-electron chi connectivity index (χ1n) is 7.71. The molecule has 1 aromatic rings. The standard InChI is InChI=1S/C17H18Br2OS/c18-14-6-13(21-16(14)19)1-2-15(20)17-7-10-3-11(8-17)5-12(4-10)9-17/h1-2,6,10-12H,3-5,7-9H2/b2-1+. The first-order valence-corrected chi connectivity index (χ1v) is 10.1. The Morgan fingerprint density at radius 3 is 2.19 bits per heavy atom. The molecule has 0 aliphatic heterocycles. The molecule has 1 nitrogen and oxygen atoms in total. The van der Waals surface area contributed by atoms with E-state index in [1.165, 1.54) is 19.3 Å². The fraction of sp³-hybridized carbons (Fsp3) is 0.588. The highest BCUT2D eigenvalue weighted by Gasteiger charge is 2.53. The second-order valence-corrected chi connectivity index (χ2v) is 10.4. The number of ketones is 1. The third-order valence-corrected chi connectivity index (χ3v) is 8.85. The summed E-state index contributed by atoms with van der Waals surface area (Å²) in [6.45, 7) is 0. The molecule has 0 spiro atoms. The van der Waals surface area contributed by atoms with Gasteiger partial charge < -0.3 is 0 Å². The van der Waals surface area contributed by atoms with Crippen LogP contribution in [0.25, 0.3) is 6.08 Å². The Bertz CT molecular complexity index is 562. The first kappa shape index (κ1) is 14.6. The molecule has 0 N–H and O–H groups in total. The van der Waals surface area contributed by atoms with Gasteiger partial charge in [-0.3, -0.25) is 4.79 Å². The summed E-state index contributed by atoms with van der Waals surface area (Å²) in [5, 5.41) is 0. The van der Waals surface area contributed by atoms with Gasteiger partial charge in [0.15, 0.2) is 5.78 Å². The fourth-order valence-corrected chi connectivity index (χ4v) is 7.18. The molecule has 4 saturated carbocycles. The van der Waals surface area contributed by atoms with Crippen molar-refractivity contribution >= 4 is 55.1 Å². The molecule has 5 rings (SSSR count). The predicted molar refractivity (Wildman–Crippen MR) is 94.4 cm³/mol. The lowest BCUT2D eigenvalue weighted by Crippen LogP contribution is -2.49. The van der Waals surface area contributed by atoms with Gasteiger partial charge in [-0.05, 0) is 106 Å². The van der Waals surface area contributed by atoms with E-state index in [4.69, 9.17) is 0 Å². The van der Waals surface area contributed by atoms with Gasteiger partial charge in [0.1, 0.15) is 0 Å². The van der Waals surface area contributed by atoms with Crippen LogP contribution in [0.15, 0.2) is 20.4 Å². The summed E-state index contributed by atoms with van der Waals surface area (Å²) < 4.78 is 2.15. The van der Waals surface area contributed by atoms with Gasteiger partial charge in [-0.25, -0.2) is 0 Å². The summed E-state index contributed by atoms with van der Waals surface area (Å²) in [4.78, 5) is 14.0. The third kappa shape index (κ3) is 2.61. The Kier molecular flexibility index (Phi) is 3.71. The van der Waals surface area contributed by atoms with E-state index >= 15 is 0 Å². The lowest BCUT2D eigenvalue weighted by atomic mass is 9.48. The number of rotatable bonds is 3. The van der Waals surface area contributed by atoms with Gasteiger partial charge in [-0.2, -0.15) is 0 Å². The van der Waals surface area contributed by atoms with Crippen molar-refractivity contribution in [1.82, 2.24) is 0 Å². The van der Waals surface area contributed by atoms with E-state index in [9.17, 15) is 4.79 Å². The van der Waals surface area contributed by atoms with Crippen LogP contribution < -0.4 is 0 Å². The van der Waals surface area contributed by atoms with Crippen LogP contribution in [0.1, 0.15) is 43.4 Å². The predicted octanol–water partition coefficient (Wildman–Crippen LogP) is 6.07. The second-order valence-electron chi connectivity index (χ2n) is 7.17. The smallest absolute Gasteiger partial charge is 0.161 e. The average Bonchev–Trinajstić information content (AvgIpc) is 2.73. The van der Waals surface area contributed by atoms with Gasteiger partial charge in [0, 0.05) is 14.8 Å². The topological polar surface area (TPSA) is 17.1 Å². The van der Waals surface area contributed by atoms with E-state index < -0.39 is 0 Å². The minimum atomic E-state index is -0.00300. The zero-order chi connectivity index (χ0) is 14.6. The van der Waals surface area contributed by atoms with E-state index in [2.05, 4.69) is 37.9 Å². The molecule has 0 unspecified atom stereocenters. The van der Waals surface area contributed by atoms with Crippen molar-refractivity contribution in [3.63, 3.8) is 0 Å². The minimum Gasteiger partial charge on any atom is -0.294 e. The monoisotopic (exact) mass is 428 g/mol. The van der Waals surface area contributed by atoms with Crippen LogP contribution in [0, 0.1) is 23.2 Å². The molecule has 0 saturated heterocycles. The highest BCUT2D eigenvalue weighted by atomic mass is 79.9. The largest absolute Gasteiger partial charge is 0.294 e. The van der Waals surface area contributed by atoms with E-state index in [0.717, 1.165) is 50.2 Å². The summed E-state index contributed by atoms with van der Waals surface area (Å²) in [6.07, 6.45) is 11.5. The van der Waals surface area contributed by atoms with Crippen LogP contribution in [-0.2, 0) is 4.79 Å². The van der Waals surface area contributed by atoms with Crippen molar-refractivity contribution in [3.8, 4) is 0 Å². The minimum absolute atomic E-state index is 0.00300. The molecule has 4 fully saturated rings. The summed E-state index contributed by atoms with van der Waals surface area (Å²) in [5.41, 5.74) is -0.00300. The van der Waals surface area contributed by atoms with Crippen LogP contribution >= 0.6 is 43.2 Å². The van der Waals surface area contributed by atoms with Crippen LogP contribution in [0.4, 0.5) is 0 Å². The Morgan fingerprint density at radius 1 is 1.14 bits per heavy atom. The molecule has 0 radical (unpaired) electrons. The van der Waals surface area contributed by atoms with E-state index in [-0.39, 0.29) is 5.41 Å². The molecule has 21 heavy (non-hydrogen) atoms. The molecule has 1 aromatic heterocycles. The lowest BCUT2D eigenvalue weighted by molar-refractivity contribution is -0.138. The number of hydrogen-bond acceptors (Lipinski definition) is 2. The quantitative estimate of drug-likeness (QED) is 0.532. The van der Waals surface area contributed by atoms with Gasteiger partial charge in [0.2, 0.25) is 0 Å².